The first kappa shape index (κ1) is 13.2. The Morgan fingerprint density at radius 3 is 2.56 bits per heavy atom. The SMILES string of the molecule is CNC(CC1=NS(=O)(=O)c2ccccc21)C(C)C. The molecule has 1 heterocycles. The Kier molecular flexibility index (Phi) is 3.54. The third-order valence-electron chi connectivity index (χ3n) is 3.30. The highest BCUT2D eigenvalue weighted by atomic mass is 32.2. The Bertz CT molecular complexity index is 576. The molecule has 0 fully saturated rings. The zero-order chi connectivity index (χ0) is 13.3. The van der Waals surface area contributed by atoms with Gasteiger partial charge in [0.25, 0.3) is 10.0 Å². The van der Waals surface area contributed by atoms with Crippen LogP contribution in [0.4, 0.5) is 0 Å². The van der Waals surface area contributed by atoms with Crippen molar-refractivity contribution in [2.24, 2.45) is 10.3 Å². The molecule has 1 aliphatic heterocycles. The average molecular weight is 266 g/mol. The number of rotatable bonds is 4. The van der Waals surface area contributed by atoms with E-state index < -0.39 is 10.0 Å². The van der Waals surface area contributed by atoms with E-state index >= 15 is 0 Å². The summed E-state index contributed by atoms with van der Waals surface area (Å²) in [5, 5.41) is 3.21. The van der Waals surface area contributed by atoms with Gasteiger partial charge in [0.15, 0.2) is 0 Å². The van der Waals surface area contributed by atoms with Crippen molar-refractivity contribution in [2.45, 2.75) is 31.2 Å². The molecule has 4 nitrogen and oxygen atoms in total. The van der Waals surface area contributed by atoms with Gasteiger partial charge in [-0.3, -0.25) is 0 Å². The molecule has 1 aromatic carbocycles. The van der Waals surface area contributed by atoms with Gasteiger partial charge >= 0.3 is 0 Å². The minimum atomic E-state index is -3.47. The quantitative estimate of drug-likeness (QED) is 0.904. The van der Waals surface area contributed by atoms with Gasteiger partial charge in [0.2, 0.25) is 0 Å². The zero-order valence-corrected chi connectivity index (χ0v) is 11.7. The predicted molar refractivity (Wildman–Crippen MR) is 72.5 cm³/mol. The fraction of sp³-hybridized carbons (Fsp3) is 0.462. The number of hydrogen-bond donors (Lipinski definition) is 1. The third-order valence-corrected chi connectivity index (χ3v) is 4.67. The summed E-state index contributed by atoms with van der Waals surface area (Å²) in [6, 6.07) is 7.24. The minimum Gasteiger partial charge on any atom is -0.316 e. The van der Waals surface area contributed by atoms with Gasteiger partial charge in [-0.25, -0.2) is 0 Å². The largest absolute Gasteiger partial charge is 0.316 e. The maximum atomic E-state index is 11.9. The summed E-state index contributed by atoms with van der Waals surface area (Å²) in [6.45, 7) is 4.22. The molecule has 1 aliphatic rings. The van der Waals surface area contributed by atoms with Gasteiger partial charge in [0.1, 0.15) is 0 Å². The van der Waals surface area contributed by atoms with Crippen LogP contribution >= 0.6 is 0 Å². The number of hydrogen-bond acceptors (Lipinski definition) is 3. The van der Waals surface area contributed by atoms with Gasteiger partial charge in [-0.1, -0.05) is 32.0 Å². The lowest BCUT2D eigenvalue weighted by atomic mass is 9.95. The molecular weight excluding hydrogens is 248 g/mol. The molecule has 1 N–H and O–H groups in total. The lowest BCUT2D eigenvalue weighted by Gasteiger charge is -2.19. The van der Waals surface area contributed by atoms with Crippen LogP contribution in [0.5, 0.6) is 0 Å². The van der Waals surface area contributed by atoms with E-state index in [0.717, 1.165) is 5.56 Å². The molecule has 1 unspecified atom stereocenters. The molecule has 0 spiro atoms. The van der Waals surface area contributed by atoms with Gasteiger partial charge < -0.3 is 5.32 Å². The van der Waals surface area contributed by atoms with E-state index in [0.29, 0.717) is 22.9 Å². The van der Waals surface area contributed by atoms with Crippen LogP contribution in [0.2, 0.25) is 0 Å². The molecule has 1 aromatic rings. The van der Waals surface area contributed by atoms with Crippen LogP contribution in [0, 0.1) is 5.92 Å². The van der Waals surface area contributed by atoms with E-state index in [4.69, 9.17) is 0 Å². The van der Waals surface area contributed by atoms with Crippen molar-refractivity contribution in [1.29, 1.82) is 0 Å². The van der Waals surface area contributed by atoms with Crippen LogP contribution in [-0.2, 0) is 10.0 Å². The zero-order valence-electron chi connectivity index (χ0n) is 10.8. The Labute approximate surface area is 108 Å². The molecule has 18 heavy (non-hydrogen) atoms. The molecule has 98 valence electrons. The lowest BCUT2D eigenvalue weighted by Crippen LogP contribution is -2.32. The van der Waals surface area contributed by atoms with E-state index in [-0.39, 0.29) is 6.04 Å². The summed E-state index contributed by atoms with van der Waals surface area (Å²) >= 11 is 0. The van der Waals surface area contributed by atoms with Crippen molar-refractivity contribution in [3.05, 3.63) is 29.8 Å². The fourth-order valence-electron chi connectivity index (χ4n) is 2.20. The fourth-order valence-corrected chi connectivity index (χ4v) is 3.48. The summed E-state index contributed by atoms with van der Waals surface area (Å²) in [7, 11) is -1.58. The molecule has 0 bridgehead atoms. The van der Waals surface area contributed by atoms with Crippen LogP contribution < -0.4 is 5.32 Å². The van der Waals surface area contributed by atoms with Crippen LogP contribution in [0.15, 0.2) is 33.6 Å². The number of nitrogens with one attached hydrogen (secondary N) is 1. The van der Waals surface area contributed by atoms with E-state index in [9.17, 15) is 8.42 Å². The van der Waals surface area contributed by atoms with E-state index in [1.165, 1.54) is 0 Å². The van der Waals surface area contributed by atoms with E-state index in [1.807, 2.05) is 19.2 Å². The Morgan fingerprint density at radius 2 is 1.94 bits per heavy atom. The first-order valence-electron chi connectivity index (χ1n) is 6.06. The second-order valence-corrected chi connectivity index (χ2v) is 6.43. The van der Waals surface area contributed by atoms with Crippen LogP contribution in [0.25, 0.3) is 0 Å². The first-order chi connectivity index (χ1) is 8.45. The van der Waals surface area contributed by atoms with Crippen molar-refractivity contribution < 1.29 is 8.42 Å². The molecule has 0 saturated heterocycles. The van der Waals surface area contributed by atoms with Gasteiger partial charge in [-0.15, -0.1) is 0 Å². The standard InChI is InChI=1S/C13H18N2O2S/c1-9(2)11(14-3)8-12-10-6-4-5-7-13(10)18(16,17)15-12/h4-7,9,11,14H,8H2,1-3H3. The normalized spacial score (nSPS) is 18.6. The van der Waals surface area contributed by atoms with Crippen LogP contribution in [0.1, 0.15) is 25.8 Å². The monoisotopic (exact) mass is 266 g/mol. The van der Waals surface area contributed by atoms with Gasteiger partial charge in [-0.05, 0) is 19.0 Å². The number of benzene rings is 1. The van der Waals surface area contributed by atoms with Crippen LogP contribution in [0.3, 0.4) is 0 Å². The molecule has 0 aliphatic carbocycles. The summed E-state index contributed by atoms with van der Waals surface area (Å²) in [5.41, 5.74) is 1.41. The Balaban J connectivity index is 2.37. The van der Waals surface area contributed by atoms with Crippen molar-refractivity contribution in [3.63, 3.8) is 0 Å². The summed E-state index contributed by atoms with van der Waals surface area (Å²) in [6.07, 6.45) is 0.629. The smallest absolute Gasteiger partial charge is 0.283 e. The molecular formula is C13H18N2O2S. The Morgan fingerprint density at radius 1 is 1.28 bits per heavy atom. The molecule has 0 aromatic heterocycles. The topological polar surface area (TPSA) is 58.5 Å². The highest BCUT2D eigenvalue weighted by molar-refractivity contribution is 7.90. The van der Waals surface area contributed by atoms with E-state index in [2.05, 4.69) is 23.6 Å². The Hall–Kier alpha value is -1.20. The average Bonchev–Trinajstić information content (AvgIpc) is 2.58. The molecule has 0 saturated carbocycles. The lowest BCUT2D eigenvalue weighted by molar-refractivity contribution is 0.439. The second kappa shape index (κ2) is 4.82. The van der Waals surface area contributed by atoms with Crippen molar-refractivity contribution >= 4 is 15.7 Å². The highest BCUT2D eigenvalue weighted by Gasteiger charge is 2.29. The second-order valence-electron chi connectivity index (χ2n) is 4.85. The van der Waals surface area contributed by atoms with E-state index in [1.54, 1.807) is 12.1 Å². The maximum absolute atomic E-state index is 11.9. The highest BCUT2D eigenvalue weighted by Crippen LogP contribution is 2.28. The molecule has 1 atom stereocenters. The molecule has 0 amide bonds. The van der Waals surface area contributed by atoms with Crippen LogP contribution in [-0.4, -0.2) is 27.2 Å². The molecule has 5 heteroatoms. The third kappa shape index (κ3) is 2.33. The number of fused-ring (bicyclic) bond motifs is 1. The first-order valence-corrected chi connectivity index (χ1v) is 7.50. The molecule has 0 radical (unpaired) electrons. The summed E-state index contributed by atoms with van der Waals surface area (Å²) in [5.74, 6) is 0.424. The van der Waals surface area contributed by atoms with Gasteiger partial charge in [0, 0.05) is 18.0 Å². The summed E-state index contributed by atoms with van der Waals surface area (Å²) < 4.78 is 27.7. The number of nitrogens with zero attached hydrogens (tertiary/aromatic N) is 1. The predicted octanol–water partition coefficient (Wildman–Crippen LogP) is 1.81. The van der Waals surface area contributed by atoms with Crippen molar-refractivity contribution in [3.8, 4) is 0 Å². The minimum absolute atomic E-state index is 0.227. The summed E-state index contributed by atoms with van der Waals surface area (Å²) in [4.78, 5) is 0.332. The van der Waals surface area contributed by atoms with Crippen molar-refractivity contribution in [1.82, 2.24) is 5.32 Å². The van der Waals surface area contributed by atoms with Gasteiger partial charge in [-0.2, -0.15) is 12.8 Å². The van der Waals surface area contributed by atoms with Gasteiger partial charge in [0.05, 0.1) is 10.6 Å². The van der Waals surface area contributed by atoms with Crippen molar-refractivity contribution in [2.75, 3.05) is 7.05 Å². The number of sulfonamides is 1. The molecule has 2 rings (SSSR count). The maximum Gasteiger partial charge on any atom is 0.283 e.